The molecule has 1 aromatic carbocycles. The highest BCUT2D eigenvalue weighted by atomic mass is 16.3. The summed E-state index contributed by atoms with van der Waals surface area (Å²) >= 11 is 0. The quantitative estimate of drug-likeness (QED) is 0.683. The van der Waals surface area contributed by atoms with Crippen molar-refractivity contribution in [3.63, 3.8) is 0 Å². The molecular formula is C16H16N2O2. The Balaban J connectivity index is 1.91. The number of benzene rings is 1. The summed E-state index contributed by atoms with van der Waals surface area (Å²) in [4.78, 5) is 12.3. The average molecular weight is 268 g/mol. The summed E-state index contributed by atoms with van der Waals surface area (Å²) in [5, 5.41) is 5.46. The maximum Gasteiger partial charge on any atom is 0.204 e. The molecule has 20 heavy (non-hydrogen) atoms. The molecule has 102 valence electrons. The van der Waals surface area contributed by atoms with Gasteiger partial charge in [-0.3, -0.25) is 9.48 Å². The fourth-order valence-electron chi connectivity index (χ4n) is 2.38. The molecule has 0 saturated carbocycles. The lowest BCUT2D eigenvalue weighted by Gasteiger charge is -1.96. The van der Waals surface area contributed by atoms with E-state index in [1.54, 1.807) is 10.7 Å². The van der Waals surface area contributed by atoms with Crippen LogP contribution in [0.25, 0.3) is 10.9 Å². The smallest absolute Gasteiger partial charge is 0.204 e. The van der Waals surface area contributed by atoms with Gasteiger partial charge in [0.2, 0.25) is 5.78 Å². The number of carbonyl (C=O) groups is 1. The van der Waals surface area contributed by atoms with Crippen LogP contribution in [-0.2, 0) is 19.9 Å². The van der Waals surface area contributed by atoms with E-state index >= 15 is 0 Å². The number of hydrogen-bond acceptors (Lipinski definition) is 3. The largest absolute Gasteiger partial charge is 0.458 e. The molecule has 4 nitrogen and oxygen atoms in total. The molecule has 0 radical (unpaired) electrons. The van der Waals surface area contributed by atoms with Crippen molar-refractivity contribution in [3.05, 3.63) is 53.6 Å². The number of Topliss-reactive ketones (excluding diaryl/α,β-unsaturated/α-hetero) is 1. The van der Waals surface area contributed by atoms with Gasteiger partial charge in [-0.1, -0.05) is 25.1 Å². The molecule has 2 aromatic heterocycles. The van der Waals surface area contributed by atoms with Crippen LogP contribution in [0.3, 0.4) is 0 Å². The van der Waals surface area contributed by atoms with E-state index in [1.807, 2.05) is 44.3 Å². The average Bonchev–Trinajstić information content (AvgIpc) is 3.05. The number of rotatable bonds is 4. The molecule has 4 heteroatoms. The van der Waals surface area contributed by atoms with E-state index in [0.29, 0.717) is 5.76 Å². The van der Waals surface area contributed by atoms with Gasteiger partial charge in [0.15, 0.2) is 5.76 Å². The van der Waals surface area contributed by atoms with Crippen molar-refractivity contribution < 1.29 is 9.21 Å². The topological polar surface area (TPSA) is 48.0 Å². The minimum atomic E-state index is -0.0337. The number of ketones is 1. The molecule has 3 rings (SSSR count). The molecule has 0 unspecified atom stereocenters. The zero-order chi connectivity index (χ0) is 14.1. The second-order valence-electron chi connectivity index (χ2n) is 4.81. The fraction of sp³-hybridized carbons (Fsp3) is 0.250. The highest BCUT2D eigenvalue weighted by Crippen LogP contribution is 2.19. The van der Waals surface area contributed by atoms with E-state index in [9.17, 15) is 4.79 Å². The second kappa shape index (κ2) is 4.96. The predicted octanol–water partition coefficient (Wildman–Crippen LogP) is 3.15. The van der Waals surface area contributed by atoms with Gasteiger partial charge in [0.25, 0.3) is 0 Å². The van der Waals surface area contributed by atoms with Gasteiger partial charge in [-0.25, -0.2) is 0 Å². The number of aromatic nitrogens is 2. The summed E-state index contributed by atoms with van der Waals surface area (Å²) in [5.41, 5.74) is 1.83. The molecule has 0 spiro atoms. The SMILES string of the molecule is CCc1ccc(C(=O)Cc2nn(C)c3ccccc23)o1. The molecule has 3 aromatic rings. The lowest BCUT2D eigenvalue weighted by atomic mass is 10.1. The summed E-state index contributed by atoms with van der Waals surface area (Å²) in [6.45, 7) is 2.00. The molecule has 0 atom stereocenters. The fourth-order valence-corrected chi connectivity index (χ4v) is 2.38. The Hall–Kier alpha value is -2.36. The third kappa shape index (κ3) is 2.13. The zero-order valence-corrected chi connectivity index (χ0v) is 11.6. The summed E-state index contributed by atoms with van der Waals surface area (Å²) < 4.78 is 7.30. The zero-order valence-electron chi connectivity index (χ0n) is 11.6. The first-order chi connectivity index (χ1) is 9.69. The summed E-state index contributed by atoms with van der Waals surface area (Å²) in [6.07, 6.45) is 1.05. The molecule has 0 aliphatic carbocycles. The number of aryl methyl sites for hydroxylation is 2. The van der Waals surface area contributed by atoms with E-state index in [1.165, 1.54) is 0 Å². The van der Waals surface area contributed by atoms with Crippen molar-refractivity contribution in [2.45, 2.75) is 19.8 Å². The first-order valence-corrected chi connectivity index (χ1v) is 6.71. The van der Waals surface area contributed by atoms with Crippen molar-refractivity contribution in [2.24, 2.45) is 7.05 Å². The number of para-hydroxylation sites is 1. The van der Waals surface area contributed by atoms with Crippen molar-refractivity contribution in [3.8, 4) is 0 Å². The van der Waals surface area contributed by atoms with Gasteiger partial charge < -0.3 is 4.42 Å². The summed E-state index contributed by atoms with van der Waals surface area (Å²) in [7, 11) is 1.89. The van der Waals surface area contributed by atoms with Gasteiger partial charge >= 0.3 is 0 Å². The number of nitrogens with zero attached hydrogens (tertiary/aromatic N) is 2. The van der Waals surface area contributed by atoms with Crippen LogP contribution in [0.5, 0.6) is 0 Å². The Morgan fingerprint density at radius 3 is 2.80 bits per heavy atom. The molecule has 0 aliphatic heterocycles. The van der Waals surface area contributed by atoms with E-state index in [0.717, 1.165) is 28.8 Å². The Bertz CT molecular complexity index is 768. The molecule has 0 N–H and O–H groups in total. The second-order valence-corrected chi connectivity index (χ2v) is 4.81. The van der Waals surface area contributed by atoms with Crippen LogP contribution in [0, 0.1) is 0 Å². The van der Waals surface area contributed by atoms with E-state index in [-0.39, 0.29) is 12.2 Å². The maximum atomic E-state index is 12.3. The normalized spacial score (nSPS) is 11.1. The third-order valence-electron chi connectivity index (χ3n) is 3.45. The Morgan fingerprint density at radius 2 is 2.05 bits per heavy atom. The van der Waals surface area contributed by atoms with Gasteiger partial charge in [-0.05, 0) is 18.2 Å². The lowest BCUT2D eigenvalue weighted by molar-refractivity contribution is 0.0964. The van der Waals surface area contributed by atoms with Crippen LogP contribution in [0.4, 0.5) is 0 Å². The minimum Gasteiger partial charge on any atom is -0.458 e. The minimum absolute atomic E-state index is 0.0337. The summed E-state index contributed by atoms with van der Waals surface area (Å²) in [6, 6.07) is 11.5. The van der Waals surface area contributed by atoms with Gasteiger partial charge in [0.1, 0.15) is 5.76 Å². The molecule has 0 saturated heterocycles. The van der Waals surface area contributed by atoms with Crippen LogP contribution < -0.4 is 0 Å². The van der Waals surface area contributed by atoms with Crippen LogP contribution in [-0.4, -0.2) is 15.6 Å². The first-order valence-electron chi connectivity index (χ1n) is 6.71. The lowest BCUT2D eigenvalue weighted by Crippen LogP contribution is -2.03. The Morgan fingerprint density at radius 1 is 1.25 bits per heavy atom. The summed E-state index contributed by atoms with van der Waals surface area (Å²) in [5.74, 6) is 1.21. The van der Waals surface area contributed by atoms with Crippen molar-refractivity contribution in [1.29, 1.82) is 0 Å². The Kier molecular flexibility index (Phi) is 3.14. The Labute approximate surface area is 117 Å². The molecule has 0 aliphatic rings. The van der Waals surface area contributed by atoms with Gasteiger partial charge in [-0.2, -0.15) is 5.10 Å². The van der Waals surface area contributed by atoms with E-state index in [2.05, 4.69) is 5.10 Å². The molecule has 0 amide bonds. The first kappa shape index (κ1) is 12.7. The molecule has 2 heterocycles. The maximum absolute atomic E-state index is 12.3. The van der Waals surface area contributed by atoms with E-state index in [4.69, 9.17) is 4.42 Å². The molecular weight excluding hydrogens is 252 g/mol. The number of furan rings is 1. The van der Waals surface area contributed by atoms with Gasteiger partial charge in [0.05, 0.1) is 17.6 Å². The van der Waals surface area contributed by atoms with E-state index < -0.39 is 0 Å². The van der Waals surface area contributed by atoms with Gasteiger partial charge in [0, 0.05) is 18.9 Å². The highest BCUT2D eigenvalue weighted by Gasteiger charge is 2.16. The number of carbonyl (C=O) groups excluding carboxylic acids is 1. The molecule has 0 bridgehead atoms. The highest BCUT2D eigenvalue weighted by molar-refractivity contribution is 5.97. The van der Waals surface area contributed by atoms with Crippen LogP contribution >= 0.6 is 0 Å². The third-order valence-corrected chi connectivity index (χ3v) is 3.45. The number of fused-ring (bicyclic) bond motifs is 1. The van der Waals surface area contributed by atoms with Crippen LogP contribution in [0.2, 0.25) is 0 Å². The van der Waals surface area contributed by atoms with Crippen molar-refractivity contribution >= 4 is 16.7 Å². The number of hydrogen-bond donors (Lipinski definition) is 0. The van der Waals surface area contributed by atoms with Crippen molar-refractivity contribution in [2.75, 3.05) is 0 Å². The van der Waals surface area contributed by atoms with Gasteiger partial charge in [-0.15, -0.1) is 0 Å². The monoisotopic (exact) mass is 268 g/mol. The van der Waals surface area contributed by atoms with Crippen LogP contribution in [0.15, 0.2) is 40.8 Å². The molecule has 0 fully saturated rings. The standard InChI is InChI=1S/C16H16N2O2/c1-3-11-8-9-16(20-11)15(19)10-13-12-6-4-5-7-14(12)18(2)17-13/h4-9H,3,10H2,1-2H3. The van der Waals surface area contributed by atoms with Crippen molar-refractivity contribution in [1.82, 2.24) is 9.78 Å². The van der Waals surface area contributed by atoms with Crippen LogP contribution in [0.1, 0.15) is 28.9 Å². The predicted molar refractivity (Wildman–Crippen MR) is 76.8 cm³/mol.